The summed E-state index contributed by atoms with van der Waals surface area (Å²) in [5.74, 6) is -0.264. The number of benzene rings is 2. The molecule has 6 heteroatoms. The molecule has 1 amide bonds. The molecule has 0 bridgehead atoms. The van der Waals surface area contributed by atoms with E-state index in [2.05, 4.69) is 10.3 Å². The van der Waals surface area contributed by atoms with Gasteiger partial charge < -0.3 is 16.8 Å². The van der Waals surface area contributed by atoms with Crippen molar-refractivity contribution in [2.75, 3.05) is 12.3 Å². The first-order valence-electron chi connectivity index (χ1n) is 8.26. The number of aromatic nitrogens is 1. The average Bonchev–Trinajstić information content (AvgIpc) is 2.59. The molecular weight excluding hydrogens is 331 g/mol. The van der Waals surface area contributed by atoms with Crippen molar-refractivity contribution in [3.63, 3.8) is 0 Å². The van der Waals surface area contributed by atoms with E-state index in [0.29, 0.717) is 28.7 Å². The van der Waals surface area contributed by atoms with E-state index in [9.17, 15) is 9.18 Å². The van der Waals surface area contributed by atoms with E-state index >= 15 is 0 Å². The van der Waals surface area contributed by atoms with Crippen molar-refractivity contribution in [2.45, 2.75) is 19.4 Å². The lowest BCUT2D eigenvalue weighted by molar-refractivity contribution is 0.0947. The topological polar surface area (TPSA) is 94.0 Å². The highest BCUT2D eigenvalue weighted by atomic mass is 19.1. The summed E-state index contributed by atoms with van der Waals surface area (Å²) in [7, 11) is 0. The van der Waals surface area contributed by atoms with Gasteiger partial charge in [-0.25, -0.2) is 9.37 Å². The minimum absolute atomic E-state index is 0.264. The summed E-state index contributed by atoms with van der Waals surface area (Å²) in [6.07, 6.45) is 1.46. The van der Waals surface area contributed by atoms with Crippen molar-refractivity contribution in [1.29, 1.82) is 0 Å². The number of amides is 1. The normalized spacial score (nSPS) is 11.5. The van der Waals surface area contributed by atoms with Gasteiger partial charge in [0.15, 0.2) is 0 Å². The van der Waals surface area contributed by atoms with Crippen LogP contribution in [0.3, 0.4) is 0 Å². The van der Waals surface area contributed by atoms with Crippen LogP contribution >= 0.6 is 0 Å². The molecule has 0 saturated heterocycles. The van der Waals surface area contributed by atoms with Gasteiger partial charge in [-0.05, 0) is 48.6 Å². The van der Waals surface area contributed by atoms with E-state index < -0.39 is 5.54 Å². The Morgan fingerprint density at radius 2 is 1.88 bits per heavy atom. The molecule has 134 valence electrons. The number of nitrogens with one attached hydrogen (secondary N) is 1. The second kappa shape index (κ2) is 6.72. The fourth-order valence-corrected chi connectivity index (χ4v) is 2.70. The molecule has 0 fully saturated rings. The van der Waals surface area contributed by atoms with Gasteiger partial charge in [0.1, 0.15) is 11.6 Å². The maximum absolute atomic E-state index is 13.5. The molecule has 0 spiro atoms. The van der Waals surface area contributed by atoms with E-state index in [4.69, 9.17) is 11.5 Å². The molecule has 0 atom stereocenters. The Balaban J connectivity index is 2.03. The van der Waals surface area contributed by atoms with Crippen molar-refractivity contribution in [3.8, 4) is 11.1 Å². The summed E-state index contributed by atoms with van der Waals surface area (Å²) in [6.45, 7) is 3.99. The highest BCUT2D eigenvalue weighted by Crippen LogP contribution is 2.29. The molecule has 1 aromatic heterocycles. The third kappa shape index (κ3) is 3.81. The molecule has 0 aliphatic carbocycles. The maximum Gasteiger partial charge on any atom is 0.253 e. The molecule has 2 aromatic carbocycles. The zero-order valence-electron chi connectivity index (χ0n) is 14.7. The number of nitrogens with two attached hydrogens (primary N) is 2. The molecule has 26 heavy (non-hydrogen) atoms. The smallest absolute Gasteiger partial charge is 0.253 e. The number of hydrogen-bond donors (Lipinski definition) is 3. The molecule has 0 saturated carbocycles. The van der Waals surface area contributed by atoms with Crippen LogP contribution in [0.4, 0.5) is 10.2 Å². The lowest BCUT2D eigenvalue weighted by Crippen LogP contribution is -2.45. The van der Waals surface area contributed by atoms with E-state index in [1.54, 1.807) is 12.1 Å². The maximum atomic E-state index is 13.5. The number of carbonyl (C=O) groups is 1. The van der Waals surface area contributed by atoms with Gasteiger partial charge in [-0.3, -0.25) is 4.79 Å². The van der Waals surface area contributed by atoms with E-state index in [0.717, 1.165) is 11.1 Å². The molecule has 3 rings (SSSR count). The first kappa shape index (κ1) is 17.8. The van der Waals surface area contributed by atoms with Gasteiger partial charge in [-0.15, -0.1) is 0 Å². The van der Waals surface area contributed by atoms with Crippen molar-refractivity contribution < 1.29 is 9.18 Å². The summed E-state index contributed by atoms with van der Waals surface area (Å²) in [4.78, 5) is 16.7. The van der Waals surface area contributed by atoms with E-state index in [-0.39, 0.29) is 11.7 Å². The van der Waals surface area contributed by atoms with Gasteiger partial charge >= 0.3 is 0 Å². The monoisotopic (exact) mass is 352 g/mol. The number of fused-ring (bicyclic) bond motifs is 1. The highest BCUT2D eigenvalue weighted by Gasteiger charge is 2.17. The average molecular weight is 352 g/mol. The lowest BCUT2D eigenvalue weighted by atomic mass is 9.99. The standard InChI is InChI=1S/C20H21FN4O/c1-20(2,23)11-25-19(26)17-10-24-18(22)16-9-13(6-7-15(16)17)12-4-3-5-14(21)8-12/h3-10H,11,23H2,1-2H3,(H2,22,24)(H,25,26). The molecule has 0 radical (unpaired) electrons. The highest BCUT2D eigenvalue weighted by molar-refractivity contribution is 6.09. The number of halogens is 1. The summed E-state index contributed by atoms with van der Waals surface area (Å²) in [6, 6.07) is 11.8. The zero-order valence-corrected chi connectivity index (χ0v) is 14.7. The number of nitrogen functional groups attached to an aromatic ring is 1. The van der Waals surface area contributed by atoms with Crippen LogP contribution < -0.4 is 16.8 Å². The molecule has 3 aromatic rings. The first-order valence-corrected chi connectivity index (χ1v) is 8.26. The van der Waals surface area contributed by atoms with Crippen molar-refractivity contribution in [2.24, 2.45) is 5.73 Å². The van der Waals surface area contributed by atoms with Crippen LogP contribution in [0, 0.1) is 5.82 Å². The Morgan fingerprint density at radius 1 is 1.15 bits per heavy atom. The fraction of sp³-hybridized carbons (Fsp3) is 0.200. The van der Waals surface area contributed by atoms with Crippen LogP contribution in [0.1, 0.15) is 24.2 Å². The van der Waals surface area contributed by atoms with Crippen LogP contribution in [0.25, 0.3) is 21.9 Å². The summed E-state index contributed by atoms with van der Waals surface area (Å²) < 4.78 is 13.5. The van der Waals surface area contributed by atoms with Gasteiger partial charge in [0.25, 0.3) is 5.91 Å². The third-order valence-corrected chi connectivity index (χ3v) is 4.03. The number of nitrogens with zero attached hydrogens (tertiary/aromatic N) is 1. The van der Waals surface area contributed by atoms with E-state index in [1.165, 1.54) is 18.3 Å². The lowest BCUT2D eigenvalue weighted by Gasteiger charge is -2.19. The van der Waals surface area contributed by atoms with Gasteiger partial charge in [-0.1, -0.05) is 24.3 Å². The Kier molecular flexibility index (Phi) is 4.61. The number of anilines is 1. The minimum Gasteiger partial charge on any atom is -0.383 e. The number of carbonyl (C=O) groups excluding carboxylic acids is 1. The van der Waals surface area contributed by atoms with Crippen LogP contribution in [-0.4, -0.2) is 23.0 Å². The Labute approximate surface area is 151 Å². The van der Waals surface area contributed by atoms with Gasteiger partial charge in [0.05, 0.1) is 5.56 Å². The van der Waals surface area contributed by atoms with Crippen molar-refractivity contribution >= 4 is 22.5 Å². The number of rotatable bonds is 4. The number of hydrogen-bond acceptors (Lipinski definition) is 4. The molecular formula is C20H21FN4O. The Hall–Kier alpha value is -2.99. The second-order valence-electron chi connectivity index (χ2n) is 7.00. The first-order chi connectivity index (χ1) is 12.2. The van der Waals surface area contributed by atoms with Crippen molar-refractivity contribution in [3.05, 3.63) is 60.0 Å². The second-order valence-corrected chi connectivity index (χ2v) is 7.00. The SMILES string of the molecule is CC(C)(N)CNC(=O)c1cnc(N)c2cc(-c3cccc(F)c3)ccc12. The van der Waals surface area contributed by atoms with Gasteiger partial charge in [0.2, 0.25) is 0 Å². The minimum atomic E-state index is -0.517. The van der Waals surface area contributed by atoms with Gasteiger partial charge in [0, 0.05) is 23.7 Å². The molecule has 0 unspecified atom stereocenters. The zero-order chi connectivity index (χ0) is 18.9. The third-order valence-electron chi connectivity index (χ3n) is 4.03. The van der Waals surface area contributed by atoms with Crippen LogP contribution in [0.2, 0.25) is 0 Å². The number of pyridine rings is 1. The summed E-state index contributed by atoms with van der Waals surface area (Å²) >= 11 is 0. The van der Waals surface area contributed by atoms with E-state index in [1.807, 2.05) is 32.0 Å². The molecule has 0 aliphatic heterocycles. The Bertz CT molecular complexity index is 979. The van der Waals surface area contributed by atoms with Crippen molar-refractivity contribution in [1.82, 2.24) is 10.3 Å². The largest absolute Gasteiger partial charge is 0.383 e. The predicted molar refractivity (Wildman–Crippen MR) is 102 cm³/mol. The molecule has 5 nitrogen and oxygen atoms in total. The molecule has 0 aliphatic rings. The quantitative estimate of drug-likeness (QED) is 0.672. The summed E-state index contributed by atoms with van der Waals surface area (Å²) in [5.41, 5.74) is 13.4. The predicted octanol–water partition coefficient (Wildman–Crippen LogP) is 3.09. The Morgan fingerprint density at radius 3 is 2.58 bits per heavy atom. The van der Waals surface area contributed by atoms with Gasteiger partial charge in [-0.2, -0.15) is 0 Å². The van der Waals surface area contributed by atoms with Crippen LogP contribution in [-0.2, 0) is 0 Å². The molecule has 1 heterocycles. The fourth-order valence-electron chi connectivity index (χ4n) is 2.70. The van der Waals surface area contributed by atoms with Crippen LogP contribution in [0.15, 0.2) is 48.7 Å². The van der Waals surface area contributed by atoms with Crippen LogP contribution in [0.5, 0.6) is 0 Å². The molecule has 5 N–H and O–H groups in total. The summed E-state index contributed by atoms with van der Waals surface area (Å²) in [5, 5.41) is 4.14.